The molecule has 1 saturated heterocycles. The Morgan fingerprint density at radius 1 is 1.10 bits per heavy atom. The molecular formula is C24H32IN3O2. The van der Waals surface area contributed by atoms with Crippen molar-refractivity contribution >= 4 is 35.6 Å². The molecule has 0 aromatic heterocycles. The van der Waals surface area contributed by atoms with E-state index >= 15 is 0 Å². The molecule has 2 heterocycles. The molecule has 1 fully saturated rings. The van der Waals surface area contributed by atoms with E-state index in [4.69, 9.17) is 14.5 Å². The Labute approximate surface area is 196 Å². The molecule has 0 radical (unpaired) electrons. The number of rotatable bonds is 6. The minimum Gasteiger partial charge on any atom is -0.381 e. The maximum Gasteiger partial charge on any atom is 0.198 e. The van der Waals surface area contributed by atoms with Crippen molar-refractivity contribution in [1.82, 2.24) is 5.32 Å². The Morgan fingerprint density at radius 2 is 1.83 bits per heavy atom. The number of fused-ring (bicyclic) bond motifs is 1. The molecule has 162 valence electrons. The van der Waals surface area contributed by atoms with Gasteiger partial charge in [0.2, 0.25) is 0 Å². The van der Waals surface area contributed by atoms with Gasteiger partial charge in [-0.25, -0.2) is 4.99 Å². The molecule has 4 rings (SSSR count). The Bertz CT molecular complexity index is 819. The number of hydrogen-bond donors (Lipinski definition) is 1. The van der Waals surface area contributed by atoms with E-state index in [1.807, 2.05) is 0 Å². The third-order valence-corrected chi connectivity index (χ3v) is 5.57. The van der Waals surface area contributed by atoms with Crippen LogP contribution < -0.4 is 10.2 Å². The zero-order chi connectivity index (χ0) is 19.9. The van der Waals surface area contributed by atoms with Gasteiger partial charge in [0.05, 0.1) is 19.3 Å². The maximum absolute atomic E-state index is 6.02. The van der Waals surface area contributed by atoms with E-state index in [0.29, 0.717) is 19.3 Å². The van der Waals surface area contributed by atoms with Crippen molar-refractivity contribution in [2.24, 2.45) is 4.99 Å². The molecule has 6 heteroatoms. The largest absolute Gasteiger partial charge is 0.381 e. The van der Waals surface area contributed by atoms with Crippen molar-refractivity contribution in [3.63, 3.8) is 0 Å². The van der Waals surface area contributed by atoms with Crippen LogP contribution in [-0.4, -0.2) is 38.4 Å². The quantitative estimate of drug-likeness (QED) is 0.345. The summed E-state index contributed by atoms with van der Waals surface area (Å²) < 4.78 is 11.4. The average molecular weight is 521 g/mol. The van der Waals surface area contributed by atoms with E-state index in [-0.39, 0.29) is 24.0 Å². The Morgan fingerprint density at radius 3 is 2.60 bits per heavy atom. The molecule has 0 aliphatic carbocycles. The summed E-state index contributed by atoms with van der Waals surface area (Å²) in [6.07, 6.45) is 3.40. The Balaban J connectivity index is 0.00000256. The van der Waals surface area contributed by atoms with Gasteiger partial charge in [0.25, 0.3) is 0 Å². The molecule has 2 aromatic carbocycles. The third-order valence-electron chi connectivity index (χ3n) is 5.57. The van der Waals surface area contributed by atoms with Gasteiger partial charge < -0.3 is 19.7 Å². The maximum atomic E-state index is 6.02. The van der Waals surface area contributed by atoms with Crippen LogP contribution in [0, 0.1) is 0 Å². The first kappa shape index (κ1) is 23.0. The summed E-state index contributed by atoms with van der Waals surface area (Å²) in [6, 6.07) is 17.2. The SMILES string of the molecule is CCNC(=NCc1ccc(COC2CCOCC2)cc1)N1CCc2ccccc21.I. The van der Waals surface area contributed by atoms with Crippen molar-refractivity contribution in [2.45, 2.75) is 45.4 Å². The van der Waals surface area contributed by atoms with Crippen molar-refractivity contribution in [3.05, 3.63) is 65.2 Å². The topological polar surface area (TPSA) is 46.1 Å². The number of hydrogen-bond acceptors (Lipinski definition) is 3. The van der Waals surface area contributed by atoms with Gasteiger partial charge in [-0.3, -0.25) is 0 Å². The van der Waals surface area contributed by atoms with Crippen molar-refractivity contribution in [2.75, 3.05) is 31.2 Å². The lowest BCUT2D eigenvalue weighted by Gasteiger charge is -2.22. The summed E-state index contributed by atoms with van der Waals surface area (Å²) in [5.41, 5.74) is 5.09. The van der Waals surface area contributed by atoms with E-state index < -0.39 is 0 Å². The lowest BCUT2D eigenvalue weighted by molar-refractivity contribution is -0.0390. The molecular weight excluding hydrogens is 489 g/mol. The number of benzene rings is 2. The second-order valence-corrected chi connectivity index (χ2v) is 7.64. The van der Waals surface area contributed by atoms with Gasteiger partial charge in [0.1, 0.15) is 0 Å². The van der Waals surface area contributed by atoms with Gasteiger partial charge in [-0.05, 0) is 48.9 Å². The minimum absolute atomic E-state index is 0. The lowest BCUT2D eigenvalue weighted by atomic mass is 10.1. The minimum atomic E-state index is 0. The fourth-order valence-corrected chi connectivity index (χ4v) is 3.92. The van der Waals surface area contributed by atoms with Crippen LogP contribution in [-0.2, 0) is 29.0 Å². The first-order valence-electron chi connectivity index (χ1n) is 10.7. The second kappa shape index (κ2) is 11.7. The van der Waals surface area contributed by atoms with Crippen molar-refractivity contribution < 1.29 is 9.47 Å². The van der Waals surface area contributed by atoms with Crippen LogP contribution in [0.25, 0.3) is 0 Å². The van der Waals surface area contributed by atoms with Crippen molar-refractivity contribution in [3.8, 4) is 0 Å². The Hall–Kier alpha value is -1.64. The molecule has 0 atom stereocenters. The van der Waals surface area contributed by atoms with Crippen LogP contribution in [0.2, 0.25) is 0 Å². The molecule has 0 unspecified atom stereocenters. The number of nitrogens with one attached hydrogen (secondary N) is 1. The highest BCUT2D eigenvalue weighted by atomic mass is 127. The molecule has 5 nitrogen and oxygen atoms in total. The molecule has 30 heavy (non-hydrogen) atoms. The Kier molecular flexibility index (Phi) is 8.96. The molecule has 0 amide bonds. The monoisotopic (exact) mass is 521 g/mol. The molecule has 2 aliphatic heterocycles. The van der Waals surface area contributed by atoms with Crippen LogP contribution >= 0.6 is 24.0 Å². The molecule has 2 aliphatic rings. The highest BCUT2D eigenvalue weighted by Gasteiger charge is 2.22. The summed E-state index contributed by atoms with van der Waals surface area (Å²) in [6.45, 7) is 6.93. The van der Waals surface area contributed by atoms with E-state index in [2.05, 4.69) is 65.7 Å². The van der Waals surface area contributed by atoms with E-state index in [0.717, 1.165) is 51.5 Å². The van der Waals surface area contributed by atoms with Crippen LogP contribution in [0.1, 0.15) is 36.5 Å². The molecule has 0 spiro atoms. The highest BCUT2D eigenvalue weighted by Crippen LogP contribution is 2.27. The summed E-state index contributed by atoms with van der Waals surface area (Å²) in [5.74, 6) is 0.962. The number of anilines is 1. The van der Waals surface area contributed by atoms with Gasteiger partial charge in [-0.15, -0.1) is 24.0 Å². The van der Waals surface area contributed by atoms with Gasteiger partial charge in [0, 0.05) is 32.0 Å². The standard InChI is InChI=1S/C24H31N3O2.HI/c1-2-25-24(27-14-11-21-5-3-4-6-23(21)27)26-17-19-7-9-20(10-8-19)18-29-22-12-15-28-16-13-22;/h3-10,22H,2,11-18H2,1H3,(H,25,26);1H. The number of halogens is 1. The van der Waals surface area contributed by atoms with Gasteiger partial charge >= 0.3 is 0 Å². The molecule has 1 N–H and O–H groups in total. The zero-order valence-corrected chi connectivity index (χ0v) is 20.0. The van der Waals surface area contributed by atoms with Crippen LogP contribution in [0.4, 0.5) is 5.69 Å². The van der Waals surface area contributed by atoms with Gasteiger partial charge in [-0.2, -0.15) is 0 Å². The molecule has 0 saturated carbocycles. The summed E-state index contributed by atoms with van der Waals surface area (Å²) in [4.78, 5) is 7.20. The summed E-state index contributed by atoms with van der Waals surface area (Å²) >= 11 is 0. The number of aliphatic imine (C=N–C) groups is 1. The fourth-order valence-electron chi connectivity index (χ4n) is 3.92. The van der Waals surface area contributed by atoms with Crippen LogP contribution in [0.15, 0.2) is 53.5 Å². The van der Waals surface area contributed by atoms with Crippen molar-refractivity contribution in [1.29, 1.82) is 0 Å². The fraction of sp³-hybridized carbons (Fsp3) is 0.458. The zero-order valence-electron chi connectivity index (χ0n) is 17.7. The van der Waals surface area contributed by atoms with Gasteiger partial charge in [0.15, 0.2) is 5.96 Å². The highest BCUT2D eigenvalue weighted by molar-refractivity contribution is 14.0. The third kappa shape index (κ3) is 5.95. The average Bonchev–Trinajstić information content (AvgIpc) is 3.21. The van der Waals surface area contributed by atoms with Gasteiger partial charge in [-0.1, -0.05) is 42.5 Å². The predicted molar refractivity (Wildman–Crippen MR) is 133 cm³/mol. The first-order chi connectivity index (χ1) is 14.3. The second-order valence-electron chi connectivity index (χ2n) is 7.64. The van der Waals surface area contributed by atoms with Crippen LogP contribution in [0.3, 0.4) is 0 Å². The number of para-hydroxylation sites is 1. The number of nitrogens with zero attached hydrogens (tertiary/aromatic N) is 2. The van der Waals surface area contributed by atoms with E-state index in [9.17, 15) is 0 Å². The predicted octanol–water partition coefficient (Wildman–Crippen LogP) is 4.53. The lowest BCUT2D eigenvalue weighted by Crippen LogP contribution is -2.40. The summed E-state index contributed by atoms with van der Waals surface area (Å²) in [7, 11) is 0. The molecule has 0 bridgehead atoms. The summed E-state index contributed by atoms with van der Waals surface area (Å²) in [5, 5.41) is 3.45. The first-order valence-corrected chi connectivity index (χ1v) is 10.7. The van der Waals surface area contributed by atoms with Crippen LogP contribution in [0.5, 0.6) is 0 Å². The number of guanidine groups is 1. The smallest absolute Gasteiger partial charge is 0.198 e. The molecule has 2 aromatic rings. The number of ether oxygens (including phenoxy) is 2. The van der Waals surface area contributed by atoms with E-state index in [1.54, 1.807) is 0 Å². The normalized spacial score (nSPS) is 16.8. The van der Waals surface area contributed by atoms with E-state index in [1.165, 1.54) is 22.4 Å².